The van der Waals surface area contributed by atoms with E-state index in [2.05, 4.69) is 5.32 Å². The Morgan fingerprint density at radius 1 is 1.07 bits per heavy atom. The molecule has 0 radical (unpaired) electrons. The van der Waals surface area contributed by atoms with Gasteiger partial charge in [-0.15, -0.1) is 0 Å². The van der Waals surface area contributed by atoms with E-state index in [1.165, 1.54) is 16.4 Å². The highest BCUT2D eigenvalue weighted by Crippen LogP contribution is 2.32. The van der Waals surface area contributed by atoms with Crippen molar-refractivity contribution in [3.05, 3.63) is 54.1 Å². The summed E-state index contributed by atoms with van der Waals surface area (Å²) < 4.78 is 33.4. The van der Waals surface area contributed by atoms with E-state index in [1.54, 1.807) is 19.1 Å². The van der Waals surface area contributed by atoms with E-state index >= 15 is 0 Å². The average Bonchev–Trinajstić information content (AvgIpc) is 2.67. The third kappa shape index (κ3) is 4.30. The maximum Gasteiger partial charge on any atom is 0.264 e. The van der Waals surface area contributed by atoms with Gasteiger partial charge in [0.1, 0.15) is 5.75 Å². The second-order valence-corrected chi connectivity index (χ2v) is 9.07. The minimum absolute atomic E-state index is 0.0264. The van der Waals surface area contributed by atoms with E-state index in [0.29, 0.717) is 12.3 Å². The van der Waals surface area contributed by atoms with Gasteiger partial charge in [0.15, 0.2) is 6.10 Å². The van der Waals surface area contributed by atoms with E-state index in [0.717, 1.165) is 24.1 Å². The molecule has 2 aromatic rings. The van der Waals surface area contributed by atoms with Gasteiger partial charge in [-0.3, -0.25) is 9.10 Å². The number of para-hydroxylation sites is 1. The molecule has 1 amide bonds. The Balaban J connectivity index is 1.77. The first-order valence-corrected chi connectivity index (χ1v) is 10.9. The van der Waals surface area contributed by atoms with Crippen molar-refractivity contribution >= 4 is 21.6 Å². The minimum atomic E-state index is -3.65. The largest absolute Gasteiger partial charge is 0.481 e. The molecule has 1 atom stereocenters. The van der Waals surface area contributed by atoms with Crippen LogP contribution in [0.25, 0.3) is 0 Å². The van der Waals surface area contributed by atoms with Crippen LogP contribution in [0, 0.1) is 0 Å². The Morgan fingerprint density at radius 3 is 2.43 bits per heavy atom. The Morgan fingerprint density at radius 2 is 1.75 bits per heavy atom. The quantitative estimate of drug-likeness (QED) is 0.806. The summed E-state index contributed by atoms with van der Waals surface area (Å²) in [5.41, 5.74) is 1.79. The van der Waals surface area contributed by atoms with Gasteiger partial charge < -0.3 is 10.1 Å². The lowest BCUT2D eigenvalue weighted by Gasteiger charge is -2.30. The zero-order valence-corrected chi connectivity index (χ0v) is 17.2. The molecule has 0 aromatic heterocycles. The molecule has 1 aliphatic heterocycles. The highest BCUT2D eigenvalue weighted by Gasteiger charge is 2.29. The molecule has 28 heavy (non-hydrogen) atoms. The number of carbonyl (C=O) groups is 1. The number of carbonyl (C=O) groups excluding carboxylic acids is 1. The van der Waals surface area contributed by atoms with Crippen LogP contribution in [0.1, 0.15) is 32.8 Å². The average molecular weight is 403 g/mol. The van der Waals surface area contributed by atoms with Crippen LogP contribution in [-0.4, -0.2) is 33.0 Å². The fraction of sp³-hybridized carbons (Fsp3) is 0.381. The number of sulfonamides is 1. The van der Waals surface area contributed by atoms with Crippen LogP contribution in [0.2, 0.25) is 0 Å². The minimum Gasteiger partial charge on any atom is -0.481 e. The normalized spacial score (nSPS) is 15.1. The zero-order chi connectivity index (χ0) is 20.3. The van der Waals surface area contributed by atoms with Crippen LogP contribution in [0.15, 0.2) is 53.4 Å². The third-order valence-corrected chi connectivity index (χ3v) is 6.42. The van der Waals surface area contributed by atoms with Crippen molar-refractivity contribution in [2.45, 2.75) is 50.7 Å². The van der Waals surface area contributed by atoms with Crippen LogP contribution in [0.4, 0.5) is 5.69 Å². The van der Waals surface area contributed by atoms with Crippen molar-refractivity contribution in [2.75, 3.05) is 10.8 Å². The van der Waals surface area contributed by atoms with Gasteiger partial charge in [0.2, 0.25) is 0 Å². The molecule has 0 saturated heterocycles. The molecule has 3 rings (SSSR count). The molecule has 7 heteroatoms. The standard InChI is InChI=1S/C21H26N2O4S/c1-15(2)22-21(24)16(3)27-18-10-12-19(13-11-18)28(25,26)23-14-6-8-17-7-4-5-9-20(17)23/h4-5,7,9-13,15-16H,6,8,14H2,1-3H3,(H,22,24)/t16-/m1/s1. The number of anilines is 1. The van der Waals surface area contributed by atoms with E-state index in [1.807, 2.05) is 38.1 Å². The smallest absolute Gasteiger partial charge is 0.264 e. The first kappa shape index (κ1) is 20.2. The van der Waals surface area contributed by atoms with Crippen molar-refractivity contribution in [1.82, 2.24) is 5.32 Å². The Bertz CT molecular complexity index is 939. The number of amides is 1. The van der Waals surface area contributed by atoms with E-state index < -0.39 is 16.1 Å². The summed E-state index contributed by atoms with van der Waals surface area (Å²) in [6.07, 6.45) is 1.00. The number of aryl methyl sites for hydroxylation is 1. The SMILES string of the molecule is CC(C)NC(=O)[C@@H](C)Oc1ccc(S(=O)(=O)N2CCCc3ccccc32)cc1. The van der Waals surface area contributed by atoms with Crippen molar-refractivity contribution in [1.29, 1.82) is 0 Å². The van der Waals surface area contributed by atoms with Gasteiger partial charge in [-0.2, -0.15) is 0 Å². The predicted octanol–water partition coefficient (Wildman–Crippen LogP) is 3.12. The Hall–Kier alpha value is -2.54. The Kier molecular flexibility index (Phi) is 5.93. The molecule has 150 valence electrons. The molecule has 0 fully saturated rings. The predicted molar refractivity (Wildman–Crippen MR) is 109 cm³/mol. The van der Waals surface area contributed by atoms with Crippen molar-refractivity contribution in [3.8, 4) is 5.75 Å². The number of benzene rings is 2. The third-order valence-electron chi connectivity index (χ3n) is 4.59. The maximum atomic E-state index is 13.1. The van der Waals surface area contributed by atoms with Crippen LogP contribution in [0.5, 0.6) is 5.75 Å². The van der Waals surface area contributed by atoms with Crippen LogP contribution in [-0.2, 0) is 21.2 Å². The summed E-state index contributed by atoms with van der Waals surface area (Å²) in [5.74, 6) is 0.237. The second-order valence-electron chi connectivity index (χ2n) is 7.20. The van der Waals surface area contributed by atoms with Gasteiger partial charge >= 0.3 is 0 Å². The maximum absolute atomic E-state index is 13.1. The molecule has 1 heterocycles. The summed E-state index contributed by atoms with van der Waals surface area (Å²) in [4.78, 5) is 12.2. The molecule has 1 N–H and O–H groups in total. The van der Waals surface area contributed by atoms with Crippen molar-refractivity contribution in [2.24, 2.45) is 0 Å². The summed E-state index contributed by atoms with van der Waals surface area (Å²) in [7, 11) is -3.65. The van der Waals surface area contributed by atoms with Crippen LogP contribution in [0.3, 0.4) is 0 Å². The molecular formula is C21H26N2O4S. The highest BCUT2D eigenvalue weighted by molar-refractivity contribution is 7.92. The number of hydrogen-bond acceptors (Lipinski definition) is 4. The lowest BCUT2D eigenvalue weighted by molar-refractivity contribution is -0.127. The summed E-state index contributed by atoms with van der Waals surface area (Å²) in [6, 6.07) is 13.8. The van der Waals surface area contributed by atoms with Crippen molar-refractivity contribution in [3.63, 3.8) is 0 Å². The molecule has 0 saturated carbocycles. The van der Waals surface area contributed by atoms with Gasteiger partial charge in [-0.05, 0) is 69.5 Å². The summed E-state index contributed by atoms with van der Waals surface area (Å²) >= 11 is 0. The van der Waals surface area contributed by atoms with Gasteiger partial charge in [-0.1, -0.05) is 18.2 Å². The molecule has 0 unspecified atom stereocenters. The molecule has 0 spiro atoms. The topological polar surface area (TPSA) is 75.7 Å². The molecule has 0 aliphatic carbocycles. The molecule has 6 nitrogen and oxygen atoms in total. The number of nitrogens with zero attached hydrogens (tertiary/aromatic N) is 1. The zero-order valence-electron chi connectivity index (χ0n) is 16.4. The lowest BCUT2D eigenvalue weighted by atomic mass is 10.0. The van der Waals surface area contributed by atoms with Gasteiger partial charge in [0.05, 0.1) is 10.6 Å². The van der Waals surface area contributed by atoms with Gasteiger partial charge in [0, 0.05) is 12.6 Å². The first-order valence-electron chi connectivity index (χ1n) is 9.47. The number of ether oxygens (including phenoxy) is 1. The lowest BCUT2D eigenvalue weighted by Crippen LogP contribution is -2.40. The number of fused-ring (bicyclic) bond motifs is 1. The molecule has 2 aromatic carbocycles. The monoisotopic (exact) mass is 402 g/mol. The first-order chi connectivity index (χ1) is 13.3. The summed E-state index contributed by atoms with van der Waals surface area (Å²) in [6.45, 7) is 5.88. The van der Waals surface area contributed by atoms with Crippen LogP contribution >= 0.6 is 0 Å². The fourth-order valence-electron chi connectivity index (χ4n) is 3.23. The van der Waals surface area contributed by atoms with E-state index in [4.69, 9.17) is 4.74 Å². The second kappa shape index (κ2) is 8.22. The molecule has 1 aliphatic rings. The van der Waals surface area contributed by atoms with E-state index in [-0.39, 0.29) is 16.8 Å². The Labute approximate surface area is 166 Å². The van der Waals surface area contributed by atoms with Crippen molar-refractivity contribution < 1.29 is 17.9 Å². The number of rotatable bonds is 6. The molecular weight excluding hydrogens is 376 g/mol. The highest BCUT2D eigenvalue weighted by atomic mass is 32.2. The molecule has 0 bridgehead atoms. The fourth-order valence-corrected chi connectivity index (χ4v) is 4.77. The van der Waals surface area contributed by atoms with Gasteiger partial charge in [0.25, 0.3) is 15.9 Å². The number of nitrogens with one attached hydrogen (secondary N) is 1. The van der Waals surface area contributed by atoms with Crippen LogP contribution < -0.4 is 14.4 Å². The van der Waals surface area contributed by atoms with Gasteiger partial charge in [-0.25, -0.2) is 8.42 Å². The number of hydrogen-bond donors (Lipinski definition) is 1. The summed E-state index contributed by atoms with van der Waals surface area (Å²) in [5, 5.41) is 2.78. The van der Waals surface area contributed by atoms with E-state index in [9.17, 15) is 13.2 Å².